The second kappa shape index (κ2) is 8.76. The van der Waals surface area contributed by atoms with Crippen LogP contribution in [-0.2, 0) is 11.3 Å². The summed E-state index contributed by atoms with van der Waals surface area (Å²) < 4.78 is 7.80. The molecular formula is C30H29N5O2. The Bertz CT molecular complexity index is 1610. The zero-order valence-electron chi connectivity index (χ0n) is 20.9. The van der Waals surface area contributed by atoms with Gasteiger partial charge in [0.15, 0.2) is 0 Å². The number of fused-ring (bicyclic) bond motifs is 2. The van der Waals surface area contributed by atoms with Crippen LogP contribution >= 0.6 is 0 Å². The summed E-state index contributed by atoms with van der Waals surface area (Å²) in [6.07, 6.45) is 5.00. The van der Waals surface area contributed by atoms with Gasteiger partial charge < -0.3 is 14.2 Å². The number of aromatic nitrogens is 4. The summed E-state index contributed by atoms with van der Waals surface area (Å²) in [4.78, 5) is 19.8. The molecule has 7 heteroatoms. The number of methoxy groups -OCH3 is 1. The summed E-state index contributed by atoms with van der Waals surface area (Å²) in [5, 5.41) is 8.24. The molecular weight excluding hydrogens is 462 g/mol. The summed E-state index contributed by atoms with van der Waals surface area (Å²) in [5.74, 6) is 2.81. The van der Waals surface area contributed by atoms with Crippen LogP contribution in [0.4, 0.5) is 0 Å². The van der Waals surface area contributed by atoms with Crippen molar-refractivity contribution >= 4 is 27.8 Å². The number of hydrogen-bond donors (Lipinski definition) is 1. The molecule has 3 aromatic carbocycles. The molecule has 1 aliphatic heterocycles. The van der Waals surface area contributed by atoms with Crippen LogP contribution in [-0.4, -0.2) is 50.8 Å². The Hall–Kier alpha value is -4.13. The predicted octanol–water partition coefficient (Wildman–Crippen LogP) is 5.51. The number of H-pyrrole nitrogens is 1. The molecule has 5 aromatic rings. The van der Waals surface area contributed by atoms with Gasteiger partial charge in [-0.15, -0.1) is 0 Å². The van der Waals surface area contributed by atoms with E-state index in [0.29, 0.717) is 11.8 Å². The summed E-state index contributed by atoms with van der Waals surface area (Å²) in [7, 11) is 1.68. The van der Waals surface area contributed by atoms with Crippen LogP contribution in [0.15, 0.2) is 66.9 Å². The standard InChI is InChI=1S/C30H29N5O2/c1-37-25-9-11-28-27(15-25)32-29(35(28)18-19-12-13-34(17-19)30(36)22-6-7-22)21-4-2-20(3-5-21)23-8-10-26-24(14-23)16-31-33-26/h2-5,8-11,14-16,19,22H,6-7,12-13,17-18H2,1H3,(H,31,33)/t19-/m1/s1. The highest BCUT2D eigenvalue weighted by molar-refractivity contribution is 5.85. The maximum Gasteiger partial charge on any atom is 0.225 e. The number of aromatic amines is 1. The molecule has 0 bridgehead atoms. The molecule has 1 aliphatic carbocycles. The second-order valence-corrected chi connectivity index (χ2v) is 10.4. The van der Waals surface area contributed by atoms with Crippen molar-refractivity contribution in [2.24, 2.45) is 11.8 Å². The lowest BCUT2D eigenvalue weighted by Gasteiger charge is -2.18. The van der Waals surface area contributed by atoms with Gasteiger partial charge in [-0.05, 0) is 60.6 Å². The highest BCUT2D eigenvalue weighted by Crippen LogP contribution is 2.35. The van der Waals surface area contributed by atoms with E-state index in [4.69, 9.17) is 9.72 Å². The quantitative estimate of drug-likeness (QED) is 0.340. The predicted molar refractivity (Wildman–Crippen MR) is 144 cm³/mol. The van der Waals surface area contributed by atoms with Gasteiger partial charge in [-0.2, -0.15) is 5.10 Å². The lowest BCUT2D eigenvalue weighted by Crippen LogP contribution is -2.30. The van der Waals surface area contributed by atoms with Crippen molar-refractivity contribution in [1.29, 1.82) is 0 Å². The number of imidazole rings is 1. The molecule has 7 nitrogen and oxygen atoms in total. The van der Waals surface area contributed by atoms with Crippen LogP contribution < -0.4 is 4.74 Å². The zero-order chi connectivity index (χ0) is 24.9. The molecule has 7 rings (SSSR count). The smallest absolute Gasteiger partial charge is 0.225 e. The van der Waals surface area contributed by atoms with E-state index in [-0.39, 0.29) is 5.92 Å². The topological polar surface area (TPSA) is 76.0 Å². The number of nitrogens with one attached hydrogen (secondary N) is 1. The third-order valence-corrected chi connectivity index (χ3v) is 7.84. The first-order valence-corrected chi connectivity index (χ1v) is 13.0. The molecule has 0 spiro atoms. The van der Waals surface area contributed by atoms with Crippen LogP contribution in [0.1, 0.15) is 19.3 Å². The van der Waals surface area contributed by atoms with Gasteiger partial charge >= 0.3 is 0 Å². The Kier molecular flexibility index (Phi) is 5.23. The number of ether oxygens (including phenoxy) is 1. The number of rotatable bonds is 6. The van der Waals surface area contributed by atoms with Crippen LogP contribution in [0, 0.1) is 11.8 Å². The third kappa shape index (κ3) is 4.04. The number of nitrogens with zero attached hydrogens (tertiary/aromatic N) is 4. The normalized spacial score (nSPS) is 17.6. The fourth-order valence-corrected chi connectivity index (χ4v) is 5.60. The average Bonchev–Trinajstić information content (AvgIpc) is 3.33. The molecule has 37 heavy (non-hydrogen) atoms. The minimum Gasteiger partial charge on any atom is -0.497 e. The van der Waals surface area contributed by atoms with Gasteiger partial charge in [-0.3, -0.25) is 9.89 Å². The first-order valence-electron chi connectivity index (χ1n) is 13.0. The minimum atomic E-state index is 0.281. The highest BCUT2D eigenvalue weighted by atomic mass is 16.5. The first kappa shape index (κ1) is 22.1. The Morgan fingerprint density at radius 2 is 1.81 bits per heavy atom. The summed E-state index contributed by atoms with van der Waals surface area (Å²) in [5.41, 5.74) is 6.44. The SMILES string of the molecule is COc1ccc2c(c1)nc(-c1ccc(-c3ccc4[nH]ncc4c3)cc1)n2C[C@@H]1CCN(C(=O)C2CC2)C1. The lowest BCUT2D eigenvalue weighted by molar-refractivity contribution is -0.131. The van der Waals surface area contributed by atoms with Crippen molar-refractivity contribution < 1.29 is 9.53 Å². The van der Waals surface area contributed by atoms with E-state index in [0.717, 1.165) is 89.1 Å². The molecule has 1 saturated carbocycles. The third-order valence-electron chi connectivity index (χ3n) is 7.84. The largest absolute Gasteiger partial charge is 0.497 e. The maximum absolute atomic E-state index is 12.6. The summed E-state index contributed by atoms with van der Waals surface area (Å²) >= 11 is 0. The minimum absolute atomic E-state index is 0.281. The van der Waals surface area contributed by atoms with E-state index in [1.807, 2.05) is 18.3 Å². The van der Waals surface area contributed by atoms with E-state index in [2.05, 4.69) is 68.2 Å². The monoisotopic (exact) mass is 491 g/mol. The molecule has 3 heterocycles. The summed E-state index contributed by atoms with van der Waals surface area (Å²) in [6.45, 7) is 2.54. The van der Waals surface area contributed by atoms with Gasteiger partial charge in [0.25, 0.3) is 0 Å². The van der Waals surface area contributed by atoms with Crippen molar-refractivity contribution in [3.8, 4) is 28.3 Å². The fourth-order valence-electron chi connectivity index (χ4n) is 5.60. The van der Waals surface area contributed by atoms with Crippen molar-refractivity contribution in [3.63, 3.8) is 0 Å². The Labute approximate surface area is 215 Å². The average molecular weight is 492 g/mol. The molecule has 1 amide bonds. The van der Waals surface area contributed by atoms with Gasteiger partial charge in [0.1, 0.15) is 11.6 Å². The van der Waals surface area contributed by atoms with Gasteiger partial charge in [0, 0.05) is 42.6 Å². The van der Waals surface area contributed by atoms with E-state index >= 15 is 0 Å². The van der Waals surface area contributed by atoms with Crippen LogP contribution in [0.25, 0.3) is 44.5 Å². The number of hydrogen-bond acceptors (Lipinski definition) is 4. The zero-order valence-corrected chi connectivity index (χ0v) is 20.9. The number of benzene rings is 3. The number of likely N-dealkylation sites (tertiary alicyclic amines) is 1. The molecule has 0 radical (unpaired) electrons. The number of carbonyl (C=O) groups is 1. The molecule has 1 saturated heterocycles. The molecule has 0 unspecified atom stereocenters. The van der Waals surface area contributed by atoms with E-state index in [1.54, 1.807) is 7.11 Å². The fraction of sp³-hybridized carbons (Fsp3) is 0.300. The van der Waals surface area contributed by atoms with Crippen molar-refractivity contribution in [2.45, 2.75) is 25.8 Å². The van der Waals surface area contributed by atoms with Gasteiger partial charge in [-0.25, -0.2) is 4.98 Å². The molecule has 2 fully saturated rings. The Balaban J connectivity index is 1.22. The van der Waals surface area contributed by atoms with Gasteiger partial charge in [-0.1, -0.05) is 30.3 Å². The van der Waals surface area contributed by atoms with Crippen LogP contribution in [0.5, 0.6) is 5.75 Å². The Morgan fingerprint density at radius 1 is 1.00 bits per heavy atom. The lowest BCUT2D eigenvalue weighted by atomic mass is 10.0. The second-order valence-electron chi connectivity index (χ2n) is 10.4. The van der Waals surface area contributed by atoms with Crippen molar-refractivity contribution in [1.82, 2.24) is 24.6 Å². The first-order chi connectivity index (χ1) is 18.2. The van der Waals surface area contributed by atoms with E-state index < -0.39 is 0 Å². The maximum atomic E-state index is 12.6. The van der Waals surface area contributed by atoms with Crippen LogP contribution in [0.3, 0.4) is 0 Å². The van der Waals surface area contributed by atoms with Gasteiger partial charge in [0.2, 0.25) is 5.91 Å². The van der Waals surface area contributed by atoms with Crippen molar-refractivity contribution in [2.75, 3.05) is 20.2 Å². The molecule has 2 aliphatic rings. The van der Waals surface area contributed by atoms with Gasteiger partial charge in [0.05, 0.1) is 29.9 Å². The summed E-state index contributed by atoms with van der Waals surface area (Å²) in [6, 6.07) is 21.1. The number of carbonyl (C=O) groups excluding carboxylic acids is 1. The highest BCUT2D eigenvalue weighted by Gasteiger charge is 2.36. The van der Waals surface area contributed by atoms with Crippen LogP contribution in [0.2, 0.25) is 0 Å². The molecule has 2 aromatic heterocycles. The van der Waals surface area contributed by atoms with E-state index in [1.165, 1.54) is 0 Å². The number of amides is 1. The molecule has 186 valence electrons. The Morgan fingerprint density at radius 3 is 2.62 bits per heavy atom. The van der Waals surface area contributed by atoms with Crippen molar-refractivity contribution in [3.05, 3.63) is 66.9 Å². The van der Waals surface area contributed by atoms with E-state index in [9.17, 15) is 4.79 Å². The molecule has 1 N–H and O–H groups in total. The molecule has 1 atom stereocenters.